The number of thioether (sulfide) groups is 1. The van der Waals surface area contributed by atoms with Crippen LogP contribution in [0.2, 0.25) is 0 Å². The maximum atomic E-state index is 15.5. The summed E-state index contributed by atoms with van der Waals surface area (Å²) in [6.45, 7) is 8.46. The van der Waals surface area contributed by atoms with Crippen molar-refractivity contribution in [2.24, 2.45) is 16.7 Å². The first kappa shape index (κ1) is 44.7. The summed E-state index contributed by atoms with van der Waals surface area (Å²) in [5.74, 6) is -6.44. The number of rotatable bonds is 10. The van der Waals surface area contributed by atoms with Gasteiger partial charge in [-0.15, -0.1) is 0 Å². The van der Waals surface area contributed by atoms with Crippen molar-refractivity contribution in [2.45, 2.75) is 107 Å². The molecule has 7 rings (SSSR count). The number of aliphatic hydroxyl groups excluding tert-OH is 2. The van der Waals surface area contributed by atoms with Gasteiger partial charge in [0.15, 0.2) is 18.0 Å². The van der Waals surface area contributed by atoms with Gasteiger partial charge in [-0.2, -0.15) is 11.8 Å². The first-order valence-electron chi connectivity index (χ1n) is 20.5. The SMILES string of the molecule is CC(=O)O[C@H]1C(=O)[C@@]2(C)[C@H]([C@H](OC(=O)c3ccccc3)[C@]3(O)C[C@H](OC(=O)[C@H](O)[C@@H](NC(=O)c4ccccc4)c4ccccc4)C(C)=C1C3(C)C)[C@]1(OC(C)=O)CS[C@@H]1C[C@@H]2O. The molecule has 11 atom stereocenters. The van der Waals surface area contributed by atoms with Crippen LogP contribution in [0.1, 0.15) is 86.7 Å². The van der Waals surface area contributed by atoms with E-state index in [9.17, 15) is 39.3 Å². The third-order valence-electron chi connectivity index (χ3n) is 13.5. The zero-order valence-corrected chi connectivity index (χ0v) is 36.0. The summed E-state index contributed by atoms with van der Waals surface area (Å²) < 4.78 is 24.6. The summed E-state index contributed by atoms with van der Waals surface area (Å²) in [5, 5.41) is 39.8. The van der Waals surface area contributed by atoms with Crippen molar-refractivity contribution in [1.29, 1.82) is 0 Å². The lowest BCUT2D eigenvalue weighted by Crippen LogP contribution is -2.80. The normalized spacial score (nSPS) is 31.9. The van der Waals surface area contributed by atoms with Crippen LogP contribution in [0.3, 0.4) is 0 Å². The van der Waals surface area contributed by atoms with Gasteiger partial charge in [-0.25, -0.2) is 9.59 Å². The Labute approximate surface area is 363 Å². The highest BCUT2D eigenvalue weighted by Crippen LogP contribution is 2.66. The summed E-state index contributed by atoms with van der Waals surface area (Å²) in [4.78, 5) is 83.6. The molecule has 2 saturated carbocycles. The molecule has 1 heterocycles. The number of Topliss-reactive ketones (excluding diaryl/α,β-unsaturated/α-hetero) is 1. The van der Waals surface area contributed by atoms with Crippen LogP contribution in [-0.4, -0.2) is 104 Å². The van der Waals surface area contributed by atoms with Crippen molar-refractivity contribution < 1.29 is 63.0 Å². The minimum Gasteiger partial charge on any atom is -0.457 e. The van der Waals surface area contributed by atoms with Crippen LogP contribution < -0.4 is 5.32 Å². The second-order valence-electron chi connectivity index (χ2n) is 17.4. The monoisotopic (exact) mass is 869 g/mol. The number of benzene rings is 3. The largest absolute Gasteiger partial charge is 0.457 e. The molecular weight excluding hydrogens is 819 g/mol. The second kappa shape index (κ2) is 16.7. The number of ether oxygens (including phenoxy) is 4. The molecule has 3 aliphatic carbocycles. The molecule has 3 aromatic carbocycles. The summed E-state index contributed by atoms with van der Waals surface area (Å²) in [5.41, 5.74) is -6.60. The van der Waals surface area contributed by atoms with Crippen molar-refractivity contribution in [2.75, 3.05) is 5.75 Å². The van der Waals surface area contributed by atoms with E-state index >= 15 is 4.79 Å². The van der Waals surface area contributed by atoms with Gasteiger partial charge in [-0.05, 0) is 61.2 Å². The third kappa shape index (κ3) is 7.41. The molecule has 4 N–H and O–H groups in total. The predicted octanol–water partition coefficient (Wildman–Crippen LogP) is 4.45. The Bertz CT molecular complexity index is 2290. The molecule has 0 radical (unpaired) electrons. The number of aliphatic hydroxyl groups is 3. The molecule has 15 heteroatoms. The van der Waals surface area contributed by atoms with Crippen molar-refractivity contribution >= 4 is 47.3 Å². The van der Waals surface area contributed by atoms with Crippen molar-refractivity contribution in [3.05, 3.63) is 119 Å². The first-order valence-corrected chi connectivity index (χ1v) is 21.5. The number of esters is 4. The van der Waals surface area contributed by atoms with Crippen molar-refractivity contribution in [1.82, 2.24) is 5.32 Å². The maximum Gasteiger partial charge on any atom is 0.338 e. The summed E-state index contributed by atoms with van der Waals surface area (Å²) in [6.07, 6.45) is -9.03. The third-order valence-corrected chi connectivity index (χ3v) is 15.1. The number of amides is 1. The topological polar surface area (TPSA) is 212 Å². The molecule has 3 aromatic rings. The lowest BCUT2D eigenvalue weighted by molar-refractivity contribution is -0.260. The van der Waals surface area contributed by atoms with Crippen molar-refractivity contribution in [3.8, 4) is 0 Å². The minimum atomic E-state index is -2.34. The van der Waals surface area contributed by atoms with E-state index in [1.807, 2.05) is 0 Å². The number of nitrogens with one attached hydrogen (secondary N) is 1. The fraction of sp³-hybridized carbons (Fsp3) is 0.447. The average molecular weight is 870 g/mol. The molecule has 14 nitrogen and oxygen atoms in total. The molecular formula is C47H51NO13S. The van der Waals surface area contributed by atoms with Gasteiger partial charge in [-0.3, -0.25) is 19.2 Å². The molecule has 3 fully saturated rings. The fourth-order valence-electron chi connectivity index (χ4n) is 10.2. The second-order valence-corrected chi connectivity index (χ2v) is 18.5. The molecule has 1 saturated heterocycles. The summed E-state index contributed by atoms with van der Waals surface area (Å²) in [7, 11) is 0. The smallest absolute Gasteiger partial charge is 0.338 e. The van der Waals surface area contributed by atoms with Gasteiger partial charge in [-0.1, -0.05) is 80.6 Å². The molecule has 328 valence electrons. The van der Waals surface area contributed by atoms with E-state index < -0.39 is 112 Å². The molecule has 2 bridgehead atoms. The van der Waals surface area contributed by atoms with Crippen LogP contribution in [0.4, 0.5) is 0 Å². The van der Waals surface area contributed by atoms with E-state index in [0.29, 0.717) is 5.56 Å². The van der Waals surface area contributed by atoms with Crippen LogP contribution in [0.5, 0.6) is 0 Å². The molecule has 62 heavy (non-hydrogen) atoms. The number of fused-ring (bicyclic) bond motifs is 5. The van der Waals surface area contributed by atoms with Gasteiger partial charge in [0.1, 0.15) is 23.4 Å². The zero-order chi connectivity index (χ0) is 44.9. The molecule has 0 unspecified atom stereocenters. The Hall–Kier alpha value is -5.35. The van der Waals surface area contributed by atoms with Gasteiger partial charge < -0.3 is 39.6 Å². The van der Waals surface area contributed by atoms with Gasteiger partial charge in [0.2, 0.25) is 0 Å². The molecule has 0 aromatic heterocycles. The van der Waals surface area contributed by atoms with E-state index in [2.05, 4.69) is 5.32 Å². The molecule has 1 aliphatic heterocycles. The van der Waals surface area contributed by atoms with Crippen LogP contribution in [0.15, 0.2) is 102 Å². The Kier molecular flexibility index (Phi) is 12.1. The highest BCUT2D eigenvalue weighted by molar-refractivity contribution is 8.01. The Morgan fingerprint density at radius 2 is 1.40 bits per heavy atom. The number of carbonyl (C=O) groups excluding carboxylic acids is 6. The lowest BCUT2D eigenvalue weighted by atomic mass is 9.45. The number of carbonyl (C=O) groups is 6. The number of ketones is 1. The van der Waals surface area contributed by atoms with Crippen LogP contribution >= 0.6 is 11.8 Å². The Balaban J connectivity index is 1.39. The molecule has 4 aliphatic rings. The average Bonchev–Trinajstić information content (AvgIpc) is 3.24. The van der Waals surface area contributed by atoms with E-state index in [1.165, 1.54) is 37.7 Å². The van der Waals surface area contributed by atoms with Gasteiger partial charge in [0.05, 0.1) is 29.0 Å². The minimum absolute atomic E-state index is 0.0232. The Morgan fingerprint density at radius 1 is 0.823 bits per heavy atom. The number of hydrogen-bond donors (Lipinski definition) is 4. The van der Waals surface area contributed by atoms with Crippen LogP contribution in [0, 0.1) is 16.7 Å². The van der Waals surface area contributed by atoms with Crippen LogP contribution in [0.25, 0.3) is 0 Å². The quantitative estimate of drug-likeness (QED) is 0.126. The van der Waals surface area contributed by atoms with E-state index in [-0.39, 0.29) is 34.4 Å². The lowest BCUT2D eigenvalue weighted by Gasteiger charge is -2.67. The van der Waals surface area contributed by atoms with E-state index in [0.717, 1.165) is 6.92 Å². The highest BCUT2D eigenvalue weighted by Gasteiger charge is 2.78. The maximum absolute atomic E-state index is 15.5. The van der Waals surface area contributed by atoms with Gasteiger partial charge in [0.25, 0.3) is 5.91 Å². The zero-order valence-electron chi connectivity index (χ0n) is 35.2. The van der Waals surface area contributed by atoms with Crippen molar-refractivity contribution in [3.63, 3.8) is 0 Å². The molecule has 0 spiro atoms. The van der Waals surface area contributed by atoms with Gasteiger partial charge in [0, 0.05) is 42.2 Å². The standard InChI is InChI=1S/C47H51NO13S/c1-25-31(59-43(56)36(52)35(28-16-10-7-11-17-28)48-41(54)29-18-12-8-13-19-29)23-47(57)40(60-42(55)30-20-14-9-15-21-30)38-45(6,32(51)22-33-46(38,24-62-33)61-27(3)50)39(53)37(58-26(2)49)34(25)44(47,4)5/h7-21,31-33,35-38,40,51-52,57H,22-24H2,1-6H3,(H,48,54)/t31-,32-,33+,35-,36+,37+,38-,40-,45+,46-,47+/m0/s1. The number of hydrogen-bond acceptors (Lipinski definition) is 14. The summed E-state index contributed by atoms with van der Waals surface area (Å²) in [6, 6.07) is 23.1. The van der Waals surface area contributed by atoms with Gasteiger partial charge >= 0.3 is 23.9 Å². The van der Waals surface area contributed by atoms with E-state index in [4.69, 9.17) is 18.9 Å². The van der Waals surface area contributed by atoms with Crippen LogP contribution in [-0.2, 0) is 38.1 Å². The van der Waals surface area contributed by atoms with E-state index in [1.54, 1.807) is 99.6 Å². The predicted molar refractivity (Wildman–Crippen MR) is 224 cm³/mol. The molecule has 1 amide bonds. The summed E-state index contributed by atoms with van der Waals surface area (Å²) >= 11 is 1.38. The first-order chi connectivity index (χ1) is 29.3. The Morgan fingerprint density at radius 3 is 1.95 bits per heavy atom. The highest BCUT2D eigenvalue weighted by atomic mass is 32.2. The fourth-order valence-corrected chi connectivity index (χ4v) is 11.7.